The smallest absolute Gasteiger partial charge is 0.222 e. The molecule has 0 N–H and O–H groups in total. The molecule has 1 saturated heterocycles. The molecule has 0 saturated carbocycles. The molecule has 0 spiro atoms. The minimum Gasteiger partial charge on any atom is -0.340 e. The summed E-state index contributed by atoms with van der Waals surface area (Å²) in [6.45, 7) is 5.46. The number of amides is 1. The van der Waals surface area contributed by atoms with Gasteiger partial charge in [0.05, 0.1) is 0 Å². The molecule has 0 aromatic heterocycles. The third-order valence-corrected chi connectivity index (χ3v) is 3.83. The third-order valence-electron chi connectivity index (χ3n) is 3.83. The molecule has 1 rings (SSSR count). The van der Waals surface area contributed by atoms with E-state index in [9.17, 15) is 4.79 Å². The van der Waals surface area contributed by atoms with Gasteiger partial charge in [0.15, 0.2) is 0 Å². The Hall–Kier alpha value is -0.530. The van der Waals surface area contributed by atoms with Gasteiger partial charge in [0.2, 0.25) is 5.91 Å². The number of hydrogen-bond donors (Lipinski definition) is 0. The molecule has 1 amide bonds. The summed E-state index contributed by atoms with van der Waals surface area (Å²) >= 11 is 0. The molecule has 1 unspecified atom stereocenters. The second-order valence-corrected chi connectivity index (χ2v) is 5.34. The molecule has 1 heterocycles. The van der Waals surface area contributed by atoms with Crippen LogP contribution < -0.4 is 0 Å². The van der Waals surface area contributed by atoms with Gasteiger partial charge in [-0.1, -0.05) is 46.0 Å². The van der Waals surface area contributed by atoms with Gasteiger partial charge in [0, 0.05) is 19.0 Å². The van der Waals surface area contributed by atoms with Crippen molar-refractivity contribution >= 4 is 5.91 Å². The fraction of sp³-hybridized carbons (Fsp3) is 0.933. The largest absolute Gasteiger partial charge is 0.340 e. The number of carbonyl (C=O) groups is 1. The summed E-state index contributed by atoms with van der Waals surface area (Å²) < 4.78 is 0. The van der Waals surface area contributed by atoms with Crippen molar-refractivity contribution in [2.75, 3.05) is 6.54 Å². The van der Waals surface area contributed by atoms with Crippen LogP contribution in [0.1, 0.15) is 78.1 Å². The average molecular weight is 239 g/mol. The number of likely N-dealkylation sites (tertiary alicyclic amines) is 1. The lowest BCUT2D eigenvalue weighted by Gasteiger charge is -2.36. The van der Waals surface area contributed by atoms with E-state index in [1.807, 2.05) is 0 Å². The maximum absolute atomic E-state index is 12.0. The summed E-state index contributed by atoms with van der Waals surface area (Å²) in [4.78, 5) is 14.1. The van der Waals surface area contributed by atoms with E-state index < -0.39 is 0 Å². The highest BCUT2D eigenvalue weighted by molar-refractivity contribution is 5.77. The van der Waals surface area contributed by atoms with Crippen LogP contribution in [-0.2, 0) is 4.79 Å². The Morgan fingerprint density at radius 3 is 2.53 bits per heavy atom. The fourth-order valence-electron chi connectivity index (χ4n) is 2.76. The van der Waals surface area contributed by atoms with Crippen LogP contribution in [-0.4, -0.2) is 23.4 Å². The molecule has 1 atom stereocenters. The Labute approximate surface area is 107 Å². The second-order valence-electron chi connectivity index (χ2n) is 5.34. The van der Waals surface area contributed by atoms with Crippen LogP contribution in [0.5, 0.6) is 0 Å². The van der Waals surface area contributed by atoms with Gasteiger partial charge >= 0.3 is 0 Å². The van der Waals surface area contributed by atoms with Crippen molar-refractivity contribution in [2.45, 2.75) is 84.1 Å². The molecule has 0 bridgehead atoms. The second kappa shape index (κ2) is 8.54. The van der Waals surface area contributed by atoms with Gasteiger partial charge in [-0.05, 0) is 25.7 Å². The minimum atomic E-state index is 0.411. The maximum atomic E-state index is 12.0. The van der Waals surface area contributed by atoms with E-state index in [1.165, 1.54) is 51.4 Å². The molecule has 1 aliphatic rings. The fourth-order valence-corrected chi connectivity index (χ4v) is 2.76. The Bertz CT molecular complexity index is 215. The number of unbranched alkanes of at least 4 members (excludes halogenated alkanes) is 4. The molecule has 2 nitrogen and oxygen atoms in total. The van der Waals surface area contributed by atoms with Crippen LogP contribution in [0, 0.1) is 0 Å². The SMILES string of the molecule is CCCCCC1CCCC(=O)N1CCCCC. The first-order chi connectivity index (χ1) is 8.29. The number of hydrogen-bond acceptors (Lipinski definition) is 1. The zero-order chi connectivity index (χ0) is 12.5. The first kappa shape index (κ1) is 14.5. The molecule has 17 heavy (non-hydrogen) atoms. The van der Waals surface area contributed by atoms with Gasteiger partial charge in [0.1, 0.15) is 0 Å². The Balaban J connectivity index is 2.37. The van der Waals surface area contributed by atoms with Crippen LogP contribution in [0.3, 0.4) is 0 Å². The summed E-state index contributed by atoms with van der Waals surface area (Å²) in [5.41, 5.74) is 0. The predicted octanol–water partition coefficient (Wildman–Crippen LogP) is 4.14. The molecular formula is C15H29NO. The van der Waals surface area contributed by atoms with Crippen LogP contribution in [0.2, 0.25) is 0 Å². The molecule has 0 aromatic carbocycles. The van der Waals surface area contributed by atoms with E-state index in [0.29, 0.717) is 11.9 Å². The van der Waals surface area contributed by atoms with Crippen LogP contribution in [0.25, 0.3) is 0 Å². The van der Waals surface area contributed by atoms with Crippen molar-refractivity contribution in [1.29, 1.82) is 0 Å². The van der Waals surface area contributed by atoms with E-state index in [1.54, 1.807) is 0 Å². The highest BCUT2D eigenvalue weighted by Crippen LogP contribution is 2.23. The molecule has 1 aliphatic heterocycles. The van der Waals surface area contributed by atoms with E-state index >= 15 is 0 Å². The van der Waals surface area contributed by atoms with Crippen molar-refractivity contribution < 1.29 is 4.79 Å². The normalized spacial score (nSPS) is 20.9. The summed E-state index contributed by atoms with van der Waals surface area (Å²) in [7, 11) is 0. The Morgan fingerprint density at radius 2 is 1.82 bits per heavy atom. The lowest BCUT2D eigenvalue weighted by atomic mass is 9.96. The summed E-state index contributed by atoms with van der Waals surface area (Å²) in [5.74, 6) is 0.411. The number of nitrogens with zero attached hydrogens (tertiary/aromatic N) is 1. The number of rotatable bonds is 8. The highest BCUT2D eigenvalue weighted by atomic mass is 16.2. The number of piperidine rings is 1. The molecule has 0 radical (unpaired) electrons. The van der Waals surface area contributed by atoms with Gasteiger partial charge in [-0.2, -0.15) is 0 Å². The Kier molecular flexibility index (Phi) is 7.30. The van der Waals surface area contributed by atoms with E-state index in [2.05, 4.69) is 18.7 Å². The third kappa shape index (κ3) is 5.10. The first-order valence-corrected chi connectivity index (χ1v) is 7.59. The van der Waals surface area contributed by atoms with Gasteiger partial charge in [-0.25, -0.2) is 0 Å². The average Bonchev–Trinajstić information content (AvgIpc) is 2.33. The van der Waals surface area contributed by atoms with Crippen molar-refractivity contribution in [1.82, 2.24) is 4.90 Å². The van der Waals surface area contributed by atoms with Crippen molar-refractivity contribution in [3.8, 4) is 0 Å². The van der Waals surface area contributed by atoms with E-state index in [-0.39, 0.29) is 0 Å². The van der Waals surface area contributed by atoms with Gasteiger partial charge in [-0.15, -0.1) is 0 Å². The molecule has 2 heteroatoms. The monoisotopic (exact) mass is 239 g/mol. The topological polar surface area (TPSA) is 20.3 Å². The van der Waals surface area contributed by atoms with Crippen molar-refractivity contribution in [2.24, 2.45) is 0 Å². The zero-order valence-electron chi connectivity index (χ0n) is 11.7. The van der Waals surface area contributed by atoms with Gasteiger partial charge in [0.25, 0.3) is 0 Å². The number of carbonyl (C=O) groups excluding carboxylic acids is 1. The summed E-state index contributed by atoms with van der Waals surface area (Å²) in [5, 5.41) is 0. The standard InChI is InChI=1S/C15H29NO/c1-3-5-7-10-14-11-9-12-15(17)16(14)13-8-6-4-2/h14H,3-13H2,1-2H3. The molecule has 0 aliphatic carbocycles. The zero-order valence-corrected chi connectivity index (χ0v) is 11.7. The Morgan fingerprint density at radius 1 is 1.12 bits per heavy atom. The highest BCUT2D eigenvalue weighted by Gasteiger charge is 2.26. The summed E-state index contributed by atoms with van der Waals surface area (Å²) in [6.07, 6.45) is 11.9. The lowest BCUT2D eigenvalue weighted by molar-refractivity contribution is -0.136. The molecular weight excluding hydrogens is 210 g/mol. The van der Waals surface area contributed by atoms with Gasteiger partial charge in [-0.3, -0.25) is 4.79 Å². The van der Waals surface area contributed by atoms with Crippen LogP contribution in [0.15, 0.2) is 0 Å². The van der Waals surface area contributed by atoms with Crippen molar-refractivity contribution in [3.63, 3.8) is 0 Å². The van der Waals surface area contributed by atoms with E-state index in [0.717, 1.165) is 19.4 Å². The minimum absolute atomic E-state index is 0.411. The maximum Gasteiger partial charge on any atom is 0.222 e. The first-order valence-electron chi connectivity index (χ1n) is 7.59. The van der Waals surface area contributed by atoms with Crippen LogP contribution in [0.4, 0.5) is 0 Å². The van der Waals surface area contributed by atoms with Crippen molar-refractivity contribution in [3.05, 3.63) is 0 Å². The van der Waals surface area contributed by atoms with Gasteiger partial charge < -0.3 is 4.90 Å². The molecule has 100 valence electrons. The predicted molar refractivity (Wildman–Crippen MR) is 73.0 cm³/mol. The van der Waals surface area contributed by atoms with E-state index in [4.69, 9.17) is 0 Å². The molecule has 0 aromatic rings. The summed E-state index contributed by atoms with van der Waals surface area (Å²) in [6, 6.07) is 0.555. The molecule has 1 fully saturated rings. The lowest BCUT2D eigenvalue weighted by Crippen LogP contribution is -2.44. The quantitative estimate of drug-likeness (QED) is 0.583. The van der Waals surface area contributed by atoms with Crippen LogP contribution >= 0.6 is 0 Å².